The zero-order valence-corrected chi connectivity index (χ0v) is 9.87. The first-order valence-electron chi connectivity index (χ1n) is 5.35. The highest BCUT2D eigenvalue weighted by molar-refractivity contribution is 5.78. The minimum atomic E-state index is 0.349. The standard InChI is InChI=1S/C13H19NO/c1-8(2)11-5-10(7-15)6-12(9(3)4)13(11)14/h5-9H,14H2,1-4H3. The van der Waals surface area contributed by atoms with E-state index in [9.17, 15) is 4.79 Å². The van der Waals surface area contributed by atoms with Crippen LogP contribution in [0.5, 0.6) is 0 Å². The second-order valence-electron chi connectivity index (χ2n) is 4.54. The van der Waals surface area contributed by atoms with Crippen LogP contribution in [0.4, 0.5) is 5.69 Å². The van der Waals surface area contributed by atoms with Gasteiger partial charge in [-0.25, -0.2) is 0 Å². The van der Waals surface area contributed by atoms with Gasteiger partial charge >= 0.3 is 0 Å². The molecule has 0 unspecified atom stereocenters. The van der Waals surface area contributed by atoms with Crippen LogP contribution in [0.15, 0.2) is 12.1 Å². The van der Waals surface area contributed by atoms with E-state index >= 15 is 0 Å². The summed E-state index contributed by atoms with van der Waals surface area (Å²) >= 11 is 0. The summed E-state index contributed by atoms with van der Waals surface area (Å²) in [5, 5.41) is 0. The molecule has 1 aromatic rings. The predicted molar refractivity (Wildman–Crippen MR) is 64.4 cm³/mol. The molecule has 0 heterocycles. The fraction of sp³-hybridized carbons (Fsp3) is 0.462. The van der Waals surface area contributed by atoms with Crippen molar-refractivity contribution in [3.63, 3.8) is 0 Å². The fourth-order valence-corrected chi connectivity index (χ4v) is 1.75. The first-order valence-corrected chi connectivity index (χ1v) is 5.35. The largest absolute Gasteiger partial charge is 0.398 e. The maximum absolute atomic E-state index is 10.8. The van der Waals surface area contributed by atoms with Crippen LogP contribution in [0, 0.1) is 0 Å². The van der Waals surface area contributed by atoms with Crippen LogP contribution in [-0.4, -0.2) is 6.29 Å². The fourth-order valence-electron chi connectivity index (χ4n) is 1.75. The Labute approximate surface area is 91.5 Å². The van der Waals surface area contributed by atoms with Gasteiger partial charge in [0.2, 0.25) is 0 Å². The van der Waals surface area contributed by atoms with Crippen molar-refractivity contribution in [1.82, 2.24) is 0 Å². The van der Waals surface area contributed by atoms with Crippen LogP contribution in [0.1, 0.15) is 61.0 Å². The summed E-state index contributed by atoms with van der Waals surface area (Å²) in [6, 6.07) is 3.78. The van der Waals surface area contributed by atoms with Gasteiger partial charge in [0.05, 0.1) is 0 Å². The smallest absolute Gasteiger partial charge is 0.150 e. The summed E-state index contributed by atoms with van der Waals surface area (Å²) < 4.78 is 0. The molecule has 2 heteroatoms. The lowest BCUT2D eigenvalue weighted by Crippen LogP contribution is -2.04. The molecule has 15 heavy (non-hydrogen) atoms. The molecular formula is C13H19NO. The minimum absolute atomic E-state index is 0.349. The second kappa shape index (κ2) is 4.47. The summed E-state index contributed by atoms with van der Waals surface area (Å²) in [5.74, 6) is 0.699. The molecule has 1 rings (SSSR count). The van der Waals surface area contributed by atoms with E-state index in [0.29, 0.717) is 11.8 Å². The Morgan fingerprint density at radius 3 is 1.73 bits per heavy atom. The van der Waals surface area contributed by atoms with Crippen LogP contribution >= 0.6 is 0 Å². The number of hydrogen-bond donors (Lipinski definition) is 1. The van der Waals surface area contributed by atoms with Crippen molar-refractivity contribution < 1.29 is 4.79 Å². The van der Waals surface area contributed by atoms with Crippen molar-refractivity contribution in [1.29, 1.82) is 0 Å². The lowest BCUT2D eigenvalue weighted by atomic mass is 9.91. The molecule has 0 spiro atoms. The molecule has 0 aliphatic heterocycles. The van der Waals surface area contributed by atoms with Crippen molar-refractivity contribution in [3.8, 4) is 0 Å². The Morgan fingerprint density at radius 1 is 1.07 bits per heavy atom. The molecule has 0 saturated heterocycles. The van der Waals surface area contributed by atoms with E-state index in [-0.39, 0.29) is 0 Å². The van der Waals surface area contributed by atoms with Gasteiger partial charge in [0.1, 0.15) is 6.29 Å². The van der Waals surface area contributed by atoms with Crippen molar-refractivity contribution in [2.75, 3.05) is 5.73 Å². The van der Waals surface area contributed by atoms with Crippen molar-refractivity contribution in [2.24, 2.45) is 0 Å². The maximum atomic E-state index is 10.8. The number of benzene rings is 1. The molecule has 2 nitrogen and oxygen atoms in total. The highest BCUT2D eigenvalue weighted by Gasteiger charge is 2.12. The van der Waals surface area contributed by atoms with Gasteiger partial charge in [-0.3, -0.25) is 4.79 Å². The van der Waals surface area contributed by atoms with Crippen molar-refractivity contribution >= 4 is 12.0 Å². The van der Waals surface area contributed by atoms with Gasteiger partial charge in [-0.1, -0.05) is 27.7 Å². The molecule has 82 valence electrons. The molecule has 2 N–H and O–H groups in total. The number of nitrogens with two attached hydrogens (primary N) is 1. The number of rotatable bonds is 3. The molecule has 1 aromatic carbocycles. The predicted octanol–water partition coefficient (Wildman–Crippen LogP) is 3.33. The molecule has 0 atom stereocenters. The maximum Gasteiger partial charge on any atom is 0.150 e. The highest BCUT2D eigenvalue weighted by atomic mass is 16.1. The first kappa shape index (κ1) is 11.8. The molecule has 0 amide bonds. The number of carbonyl (C=O) groups excluding carboxylic acids is 1. The molecule has 0 aliphatic carbocycles. The van der Waals surface area contributed by atoms with Crippen LogP contribution in [0.2, 0.25) is 0 Å². The van der Waals surface area contributed by atoms with E-state index in [1.807, 2.05) is 12.1 Å². The van der Waals surface area contributed by atoms with Crippen LogP contribution in [-0.2, 0) is 0 Å². The number of anilines is 1. The molecule has 0 saturated carbocycles. The quantitative estimate of drug-likeness (QED) is 0.607. The highest BCUT2D eigenvalue weighted by Crippen LogP contribution is 2.30. The Balaban J connectivity index is 3.40. The topological polar surface area (TPSA) is 43.1 Å². The van der Waals surface area contributed by atoms with Gasteiger partial charge in [-0.05, 0) is 35.1 Å². The molecule has 0 aromatic heterocycles. The summed E-state index contributed by atoms with van der Waals surface area (Å²) in [6.07, 6.45) is 0.886. The van der Waals surface area contributed by atoms with Gasteiger partial charge in [-0.15, -0.1) is 0 Å². The third kappa shape index (κ3) is 2.38. The lowest BCUT2D eigenvalue weighted by Gasteiger charge is -2.17. The SMILES string of the molecule is CC(C)c1cc(C=O)cc(C(C)C)c1N. The van der Waals surface area contributed by atoms with E-state index < -0.39 is 0 Å². The normalized spacial score (nSPS) is 11.1. The van der Waals surface area contributed by atoms with Crippen molar-refractivity contribution in [3.05, 3.63) is 28.8 Å². The van der Waals surface area contributed by atoms with E-state index in [1.165, 1.54) is 0 Å². The molecule has 0 aliphatic rings. The minimum Gasteiger partial charge on any atom is -0.398 e. The van der Waals surface area contributed by atoms with Gasteiger partial charge in [0, 0.05) is 11.3 Å². The average molecular weight is 205 g/mol. The van der Waals surface area contributed by atoms with E-state index in [1.54, 1.807) is 0 Å². The van der Waals surface area contributed by atoms with Crippen LogP contribution < -0.4 is 5.73 Å². The van der Waals surface area contributed by atoms with Gasteiger partial charge in [0.25, 0.3) is 0 Å². The Morgan fingerprint density at radius 2 is 1.47 bits per heavy atom. The second-order valence-corrected chi connectivity index (χ2v) is 4.54. The van der Waals surface area contributed by atoms with Crippen LogP contribution in [0.25, 0.3) is 0 Å². The summed E-state index contributed by atoms with van der Waals surface area (Å²) in [6.45, 7) is 8.35. The Kier molecular flexibility index (Phi) is 3.51. The first-order chi connectivity index (χ1) is 6.97. The van der Waals surface area contributed by atoms with Gasteiger partial charge in [0.15, 0.2) is 0 Å². The summed E-state index contributed by atoms with van der Waals surface area (Å²) in [4.78, 5) is 10.8. The third-order valence-electron chi connectivity index (χ3n) is 2.65. The Bertz CT molecular complexity index is 338. The monoisotopic (exact) mass is 205 g/mol. The van der Waals surface area contributed by atoms with E-state index in [2.05, 4.69) is 27.7 Å². The van der Waals surface area contributed by atoms with Gasteiger partial charge in [-0.2, -0.15) is 0 Å². The molecule has 0 fully saturated rings. The lowest BCUT2D eigenvalue weighted by molar-refractivity contribution is 0.112. The molecular weight excluding hydrogens is 186 g/mol. The third-order valence-corrected chi connectivity index (χ3v) is 2.65. The van der Waals surface area contributed by atoms with Crippen molar-refractivity contribution in [2.45, 2.75) is 39.5 Å². The van der Waals surface area contributed by atoms with E-state index in [0.717, 1.165) is 28.7 Å². The average Bonchev–Trinajstić information content (AvgIpc) is 2.17. The number of carbonyl (C=O) groups is 1. The zero-order valence-electron chi connectivity index (χ0n) is 9.87. The summed E-state index contributed by atoms with van der Waals surface area (Å²) in [7, 11) is 0. The molecule has 0 bridgehead atoms. The van der Waals surface area contributed by atoms with Crippen LogP contribution in [0.3, 0.4) is 0 Å². The number of hydrogen-bond acceptors (Lipinski definition) is 2. The summed E-state index contributed by atoms with van der Waals surface area (Å²) in [5.41, 5.74) is 9.80. The molecule has 0 radical (unpaired) electrons. The van der Waals surface area contributed by atoms with E-state index in [4.69, 9.17) is 5.73 Å². The number of nitrogen functional groups attached to an aromatic ring is 1. The zero-order chi connectivity index (χ0) is 11.6. The Hall–Kier alpha value is -1.31. The number of aldehydes is 1. The van der Waals surface area contributed by atoms with Gasteiger partial charge < -0.3 is 5.73 Å².